The Morgan fingerprint density at radius 2 is 1.64 bits per heavy atom. The van der Waals surface area contributed by atoms with E-state index in [0.29, 0.717) is 29.5 Å². The zero-order valence-electron chi connectivity index (χ0n) is 15.0. The van der Waals surface area contributed by atoms with Gasteiger partial charge in [0.05, 0.1) is 32.2 Å². The minimum Gasteiger partial charge on any atom is -0.495 e. The monoisotopic (exact) mass is 344 g/mol. The molecule has 0 atom stereocenters. The molecule has 0 radical (unpaired) electrons. The number of ether oxygens (including phenoxy) is 3. The molecule has 6 heteroatoms. The van der Waals surface area contributed by atoms with Crippen LogP contribution in [0.25, 0.3) is 11.1 Å². The number of nitrogen functional groups attached to an aromatic ring is 1. The maximum atomic E-state index is 11.8. The fourth-order valence-corrected chi connectivity index (χ4v) is 2.25. The fourth-order valence-electron chi connectivity index (χ4n) is 2.25. The van der Waals surface area contributed by atoms with Crippen molar-refractivity contribution in [2.75, 3.05) is 31.9 Å². The summed E-state index contributed by atoms with van der Waals surface area (Å²) in [5.41, 5.74) is 8.81. The third-order valence-electron chi connectivity index (χ3n) is 3.55. The van der Waals surface area contributed by atoms with Gasteiger partial charge in [-0.05, 0) is 41.3 Å². The zero-order chi connectivity index (χ0) is 18.4. The number of carbonyl (C=O) groups excluding carboxylic acids is 1. The Bertz CT molecular complexity index is 744. The predicted octanol–water partition coefficient (Wildman–Crippen LogP) is 4.16. The van der Waals surface area contributed by atoms with E-state index in [4.69, 9.17) is 19.9 Å². The molecule has 0 aliphatic carbocycles. The van der Waals surface area contributed by atoms with Crippen molar-refractivity contribution in [2.24, 2.45) is 5.92 Å². The van der Waals surface area contributed by atoms with Crippen LogP contribution in [0.4, 0.5) is 16.2 Å². The molecule has 1 amide bonds. The lowest BCUT2D eigenvalue weighted by atomic mass is 10.0. The van der Waals surface area contributed by atoms with Gasteiger partial charge in [0.1, 0.15) is 11.5 Å². The van der Waals surface area contributed by atoms with Crippen LogP contribution in [0.2, 0.25) is 0 Å². The quantitative estimate of drug-likeness (QED) is 0.769. The van der Waals surface area contributed by atoms with Gasteiger partial charge in [0.2, 0.25) is 0 Å². The van der Waals surface area contributed by atoms with Crippen molar-refractivity contribution in [3.8, 4) is 22.6 Å². The molecule has 0 fully saturated rings. The first-order chi connectivity index (χ1) is 11.9. The van der Waals surface area contributed by atoms with Crippen LogP contribution in [0.15, 0.2) is 36.4 Å². The molecule has 2 rings (SSSR count). The molecule has 2 aromatic carbocycles. The Morgan fingerprint density at radius 1 is 1.04 bits per heavy atom. The van der Waals surface area contributed by atoms with Crippen molar-refractivity contribution in [3.63, 3.8) is 0 Å². The minimum absolute atomic E-state index is 0.274. The molecule has 3 N–H and O–H groups in total. The standard InChI is InChI=1S/C19H24N2O4/c1-12(2)11-25-19(22)21-16-8-6-14(10-18(16)24-4)13-5-7-15(20)17(9-13)23-3/h5-10,12H,11,20H2,1-4H3,(H,21,22). The van der Waals surface area contributed by atoms with E-state index in [9.17, 15) is 4.79 Å². The third-order valence-corrected chi connectivity index (χ3v) is 3.55. The number of nitrogens with one attached hydrogen (secondary N) is 1. The molecule has 6 nitrogen and oxygen atoms in total. The van der Waals surface area contributed by atoms with Crippen molar-refractivity contribution in [1.29, 1.82) is 0 Å². The highest BCUT2D eigenvalue weighted by atomic mass is 16.5. The number of anilines is 2. The summed E-state index contributed by atoms with van der Waals surface area (Å²) in [4.78, 5) is 11.8. The Labute approximate surface area is 147 Å². The van der Waals surface area contributed by atoms with Crippen LogP contribution in [0.1, 0.15) is 13.8 Å². The van der Waals surface area contributed by atoms with Crippen molar-refractivity contribution < 1.29 is 19.0 Å². The Morgan fingerprint density at radius 3 is 2.24 bits per heavy atom. The molecule has 0 heterocycles. The van der Waals surface area contributed by atoms with Crippen molar-refractivity contribution in [3.05, 3.63) is 36.4 Å². The molecule has 0 aliphatic rings. The van der Waals surface area contributed by atoms with Crippen LogP contribution >= 0.6 is 0 Å². The van der Waals surface area contributed by atoms with Gasteiger partial charge in [0.25, 0.3) is 0 Å². The number of carbonyl (C=O) groups is 1. The smallest absolute Gasteiger partial charge is 0.411 e. The number of hydrogen-bond donors (Lipinski definition) is 2. The first-order valence-electron chi connectivity index (χ1n) is 8.00. The van der Waals surface area contributed by atoms with E-state index in [1.165, 1.54) is 0 Å². The van der Waals surface area contributed by atoms with Crippen molar-refractivity contribution in [1.82, 2.24) is 0 Å². The molecular weight excluding hydrogens is 320 g/mol. The van der Waals surface area contributed by atoms with Crippen molar-refractivity contribution in [2.45, 2.75) is 13.8 Å². The summed E-state index contributed by atoms with van der Waals surface area (Å²) in [5.74, 6) is 1.42. The second kappa shape index (κ2) is 8.28. The molecule has 0 unspecified atom stereocenters. The highest BCUT2D eigenvalue weighted by Gasteiger charge is 2.11. The van der Waals surface area contributed by atoms with E-state index in [2.05, 4.69) is 5.32 Å². The van der Waals surface area contributed by atoms with Crippen molar-refractivity contribution >= 4 is 17.5 Å². The maximum Gasteiger partial charge on any atom is 0.411 e. The van der Waals surface area contributed by atoms with Crippen LogP contribution < -0.4 is 20.5 Å². The number of hydrogen-bond acceptors (Lipinski definition) is 5. The van der Waals surface area contributed by atoms with E-state index >= 15 is 0 Å². The highest BCUT2D eigenvalue weighted by Crippen LogP contribution is 2.34. The molecule has 0 bridgehead atoms. The van der Waals surface area contributed by atoms with Gasteiger partial charge in [-0.2, -0.15) is 0 Å². The second-order valence-electron chi connectivity index (χ2n) is 5.99. The Hall–Kier alpha value is -2.89. The van der Waals surface area contributed by atoms with E-state index < -0.39 is 6.09 Å². The molecular formula is C19H24N2O4. The topological polar surface area (TPSA) is 82.8 Å². The van der Waals surface area contributed by atoms with Gasteiger partial charge < -0.3 is 19.9 Å². The van der Waals surface area contributed by atoms with Crippen LogP contribution in [0, 0.1) is 5.92 Å². The number of amides is 1. The molecule has 0 aliphatic heterocycles. The maximum absolute atomic E-state index is 11.8. The SMILES string of the molecule is COc1cc(-c2ccc(NC(=O)OCC(C)C)c(OC)c2)ccc1N. The van der Waals surface area contributed by atoms with E-state index in [1.54, 1.807) is 26.4 Å². The van der Waals surface area contributed by atoms with Crippen LogP contribution in [-0.4, -0.2) is 26.9 Å². The first-order valence-corrected chi connectivity index (χ1v) is 8.00. The Balaban J connectivity index is 2.23. The average Bonchev–Trinajstić information content (AvgIpc) is 2.60. The van der Waals surface area contributed by atoms with E-state index in [-0.39, 0.29) is 5.92 Å². The van der Waals surface area contributed by atoms with E-state index in [0.717, 1.165) is 11.1 Å². The second-order valence-corrected chi connectivity index (χ2v) is 5.99. The fraction of sp³-hybridized carbons (Fsp3) is 0.316. The lowest BCUT2D eigenvalue weighted by Crippen LogP contribution is -2.17. The largest absolute Gasteiger partial charge is 0.495 e. The summed E-state index contributed by atoms with van der Waals surface area (Å²) in [6, 6.07) is 11.0. The summed E-state index contributed by atoms with van der Waals surface area (Å²) in [6.45, 7) is 4.31. The summed E-state index contributed by atoms with van der Waals surface area (Å²) in [6.07, 6.45) is -0.506. The van der Waals surface area contributed by atoms with Gasteiger partial charge in [-0.25, -0.2) is 4.79 Å². The lowest BCUT2D eigenvalue weighted by molar-refractivity contribution is 0.147. The van der Waals surface area contributed by atoms with Crippen LogP contribution in [0.3, 0.4) is 0 Å². The third kappa shape index (κ3) is 4.79. The normalized spacial score (nSPS) is 10.4. The molecule has 134 valence electrons. The molecule has 0 saturated carbocycles. The summed E-state index contributed by atoms with van der Waals surface area (Å²) in [5, 5.41) is 2.70. The van der Waals surface area contributed by atoms with Gasteiger partial charge in [-0.3, -0.25) is 5.32 Å². The molecule has 0 saturated heterocycles. The number of nitrogens with two attached hydrogens (primary N) is 1. The summed E-state index contributed by atoms with van der Waals surface area (Å²) < 4.78 is 15.8. The lowest BCUT2D eigenvalue weighted by Gasteiger charge is -2.14. The predicted molar refractivity (Wildman–Crippen MR) is 99.2 cm³/mol. The van der Waals surface area contributed by atoms with Crippen LogP contribution in [-0.2, 0) is 4.74 Å². The summed E-state index contributed by atoms with van der Waals surface area (Å²) in [7, 11) is 3.12. The first kappa shape index (κ1) is 18.4. The molecule has 0 spiro atoms. The van der Waals surface area contributed by atoms with Gasteiger partial charge >= 0.3 is 6.09 Å². The highest BCUT2D eigenvalue weighted by molar-refractivity contribution is 5.88. The number of methoxy groups -OCH3 is 2. The number of rotatable bonds is 6. The van der Waals surface area contributed by atoms with E-state index in [1.807, 2.05) is 38.1 Å². The Kier molecular flexibility index (Phi) is 6.11. The molecule has 2 aromatic rings. The van der Waals surface area contributed by atoms with Gasteiger partial charge in [-0.15, -0.1) is 0 Å². The summed E-state index contributed by atoms with van der Waals surface area (Å²) >= 11 is 0. The number of benzene rings is 2. The van der Waals surface area contributed by atoms with Gasteiger partial charge in [-0.1, -0.05) is 26.0 Å². The van der Waals surface area contributed by atoms with Gasteiger partial charge in [0.15, 0.2) is 0 Å². The minimum atomic E-state index is -0.506. The van der Waals surface area contributed by atoms with Gasteiger partial charge in [0, 0.05) is 0 Å². The molecule has 25 heavy (non-hydrogen) atoms. The zero-order valence-corrected chi connectivity index (χ0v) is 15.0. The van der Waals surface area contributed by atoms with Crippen LogP contribution in [0.5, 0.6) is 11.5 Å². The average molecular weight is 344 g/mol. The molecule has 0 aromatic heterocycles.